The molecule has 0 aliphatic heterocycles. The summed E-state index contributed by atoms with van der Waals surface area (Å²) in [6.45, 7) is 4.58. The number of carbonyl (C=O) groups is 3. The van der Waals surface area contributed by atoms with E-state index in [4.69, 9.17) is 23.3 Å². The van der Waals surface area contributed by atoms with Gasteiger partial charge in [-0.2, -0.15) is 0 Å². The minimum atomic E-state index is -4.75. The Balaban J connectivity index is 4.68. The molecular formula is C66H121O11P. The van der Waals surface area contributed by atoms with Crippen molar-refractivity contribution in [1.29, 1.82) is 0 Å². The fourth-order valence-electron chi connectivity index (χ4n) is 9.35. The monoisotopic (exact) mass is 1120 g/mol. The Hall–Kier alpha value is -2.56. The maximum absolute atomic E-state index is 13.0. The average Bonchev–Trinajstić information content (AvgIpc) is 3.43. The first-order chi connectivity index (χ1) is 38.2. The molecule has 3 unspecified atom stereocenters. The fourth-order valence-corrected chi connectivity index (χ4v) is 10.1. The third-order valence-corrected chi connectivity index (χ3v) is 15.2. The van der Waals surface area contributed by atoms with E-state index in [9.17, 15) is 28.9 Å². The van der Waals surface area contributed by atoms with E-state index in [2.05, 4.69) is 69.4 Å². The topological polar surface area (TPSA) is 155 Å². The van der Waals surface area contributed by atoms with Gasteiger partial charge in [0, 0.05) is 19.3 Å². The molecule has 0 aromatic rings. The highest BCUT2D eigenvalue weighted by atomic mass is 31.2. The number of aliphatic hydroxyl groups excluding tert-OH is 1. The zero-order chi connectivity index (χ0) is 56.9. The van der Waals surface area contributed by atoms with Crippen LogP contribution < -0.4 is 0 Å². The fraction of sp³-hybridized carbons (Fsp3) is 0.833. The first-order valence-electron chi connectivity index (χ1n) is 32.5. The van der Waals surface area contributed by atoms with E-state index < -0.39 is 57.8 Å². The maximum Gasteiger partial charge on any atom is 0.472 e. The van der Waals surface area contributed by atoms with Gasteiger partial charge in [-0.15, -0.1) is 0 Å². The van der Waals surface area contributed by atoms with Crippen molar-refractivity contribution in [3.63, 3.8) is 0 Å². The minimum Gasteiger partial charge on any atom is -0.462 e. The molecule has 0 saturated heterocycles. The van der Waals surface area contributed by atoms with Crippen LogP contribution in [0.5, 0.6) is 0 Å². The summed E-state index contributed by atoms with van der Waals surface area (Å²) in [7, 11) is -4.75. The lowest BCUT2D eigenvalue weighted by atomic mass is 10.0. The average molecular weight is 1120 g/mol. The van der Waals surface area contributed by atoms with E-state index in [-0.39, 0.29) is 25.9 Å². The zero-order valence-electron chi connectivity index (χ0n) is 50.6. The Morgan fingerprint density at radius 1 is 0.372 bits per heavy atom. The standard InChI is InChI=1S/C66H121O11P/c1-4-7-10-13-16-19-22-25-28-31-34-37-40-43-46-49-52-55-64(68)73-59-63(77-66(70)57-54-51-48-45-42-39-36-33-30-27-24-21-18-15-12-9-6-3)61-75-78(71,72)74-60-62(58-67)76-65(69)56-53-50-47-44-41-38-35-32-29-26-23-20-17-14-11-8-5-2/h7,10,16,19,25,28,34,37,62-63,67H,4-6,8-9,11-15,17-18,20-24,26-27,29-33,35-36,38-61H2,1-3H3,(H,71,72)/b10-7-,19-16-,28-25-,37-34-. The summed E-state index contributed by atoms with van der Waals surface area (Å²) < 4.78 is 39.7. The van der Waals surface area contributed by atoms with Crippen molar-refractivity contribution >= 4 is 25.7 Å². The smallest absolute Gasteiger partial charge is 0.462 e. The zero-order valence-corrected chi connectivity index (χ0v) is 51.5. The molecule has 2 N–H and O–H groups in total. The van der Waals surface area contributed by atoms with Crippen LogP contribution in [0.1, 0.15) is 316 Å². The summed E-state index contributed by atoms with van der Waals surface area (Å²) >= 11 is 0. The van der Waals surface area contributed by atoms with Crippen LogP contribution in [0.3, 0.4) is 0 Å². The number of hydrogen-bond donors (Lipinski definition) is 2. The SMILES string of the molecule is CC/C=C\C/C=C\C/C=C\C/C=C\CCCCCCC(=O)OCC(COP(=O)(O)OCC(CO)OC(=O)CCCCCCCCCCCCCCCCCCC)OC(=O)CCCCCCCCCCCCCCCCCCC. The number of aliphatic hydroxyl groups is 1. The molecule has 0 amide bonds. The molecule has 456 valence electrons. The number of unbranched alkanes of at least 4 members (excludes halogenated alkanes) is 36. The molecule has 0 saturated carbocycles. The molecule has 0 spiro atoms. The molecule has 0 aromatic heterocycles. The van der Waals surface area contributed by atoms with Gasteiger partial charge in [0.15, 0.2) is 6.10 Å². The normalized spacial score (nSPS) is 13.6. The van der Waals surface area contributed by atoms with Gasteiger partial charge in [0.2, 0.25) is 0 Å². The van der Waals surface area contributed by atoms with E-state index >= 15 is 0 Å². The summed E-state index contributed by atoms with van der Waals surface area (Å²) in [6, 6.07) is 0. The molecule has 0 bridgehead atoms. The van der Waals surface area contributed by atoms with Crippen LogP contribution in [0, 0.1) is 0 Å². The Bertz CT molecular complexity index is 1490. The second-order valence-electron chi connectivity index (χ2n) is 21.9. The minimum absolute atomic E-state index is 0.167. The second kappa shape index (κ2) is 60.5. The lowest BCUT2D eigenvalue weighted by molar-refractivity contribution is -0.161. The Kier molecular flexibility index (Phi) is 58.5. The van der Waals surface area contributed by atoms with Gasteiger partial charge in [-0.3, -0.25) is 23.4 Å². The highest BCUT2D eigenvalue weighted by Gasteiger charge is 2.28. The van der Waals surface area contributed by atoms with E-state index in [1.54, 1.807) is 0 Å². The maximum atomic E-state index is 13.0. The van der Waals surface area contributed by atoms with Gasteiger partial charge in [-0.1, -0.05) is 288 Å². The number of esters is 3. The van der Waals surface area contributed by atoms with Crippen molar-refractivity contribution < 1.29 is 52.2 Å². The summed E-state index contributed by atoms with van der Waals surface area (Å²) in [6.07, 6.45) is 66.3. The Morgan fingerprint density at radius 3 is 1.03 bits per heavy atom. The van der Waals surface area contributed by atoms with Crippen molar-refractivity contribution in [2.45, 2.75) is 328 Å². The molecule has 0 aliphatic rings. The summed E-state index contributed by atoms with van der Waals surface area (Å²) in [4.78, 5) is 48.8. The highest BCUT2D eigenvalue weighted by molar-refractivity contribution is 7.47. The first kappa shape index (κ1) is 75.4. The van der Waals surface area contributed by atoms with Gasteiger partial charge in [0.1, 0.15) is 12.7 Å². The van der Waals surface area contributed by atoms with Crippen LogP contribution in [-0.2, 0) is 42.2 Å². The predicted octanol–water partition coefficient (Wildman–Crippen LogP) is 19.7. The van der Waals surface area contributed by atoms with Crippen LogP contribution in [-0.4, -0.2) is 66.5 Å². The van der Waals surface area contributed by atoms with Crippen molar-refractivity contribution in [3.05, 3.63) is 48.6 Å². The van der Waals surface area contributed by atoms with Crippen molar-refractivity contribution in [2.75, 3.05) is 26.4 Å². The molecule has 0 heterocycles. The third-order valence-electron chi connectivity index (χ3n) is 14.3. The van der Waals surface area contributed by atoms with E-state index in [0.29, 0.717) is 19.3 Å². The van der Waals surface area contributed by atoms with Gasteiger partial charge in [0.25, 0.3) is 0 Å². The van der Waals surface area contributed by atoms with E-state index in [0.717, 1.165) is 89.9 Å². The summed E-state index contributed by atoms with van der Waals surface area (Å²) in [5.74, 6) is -1.47. The van der Waals surface area contributed by atoms with Crippen LogP contribution in [0.25, 0.3) is 0 Å². The summed E-state index contributed by atoms with van der Waals surface area (Å²) in [5.41, 5.74) is 0. The number of phosphoric acid groups is 1. The highest BCUT2D eigenvalue weighted by Crippen LogP contribution is 2.43. The van der Waals surface area contributed by atoms with Crippen molar-refractivity contribution in [2.24, 2.45) is 0 Å². The first-order valence-corrected chi connectivity index (χ1v) is 34.0. The molecule has 78 heavy (non-hydrogen) atoms. The van der Waals surface area contributed by atoms with Crippen molar-refractivity contribution in [3.8, 4) is 0 Å². The second-order valence-corrected chi connectivity index (χ2v) is 23.4. The number of ether oxygens (including phenoxy) is 3. The number of rotatable bonds is 61. The van der Waals surface area contributed by atoms with Crippen LogP contribution in [0.4, 0.5) is 0 Å². The predicted molar refractivity (Wildman–Crippen MR) is 325 cm³/mol. The molecule has 0 rings (SSSR count). The van der Waals surface area contributed by atoms with Gasteiger partial charge in [-0.25, -0.2) is 4.57 Å². The quantitative estimate of drug-likeness (QED) is 0.0197. The number of phosphoric ester groups is 1. The molecular weight excluding hydrogens is 1000 g/mol. The molecule has 0 aromatic carbocycles. The van der Waals surface area contributed by atoms with Crippen molar-refractivity contribution in [1.82, 2.24) is 0 Å². The van der Waals surface area contributed by atoms with Gasteiger partial charge < -0.3 is 24.2 Å². The third kappa shape index (κ3) is 58.1. The molecule has 0 aliphatic carbocycles. The lowest BCUT2D eigenvalue weighted by Gasteiger charge is -2.21. The number of carbonyl (C=O) groups excluding carboxylic acids is 3. The van der Waals surface area contributed by atoms with Crippen LogP contribution in [0.15, 0.2) is 48.6 Å². The van der Waals surface area contributed by atoms with E-state index in [1.165, 1.54) is 167 Å². The van der Waals surface area contributed by atoms with Gasteiger partial charge in [-0.05, 0) is 57.8 Å². The molecule has 0 radical (unpaired) electrons. The van der Waals surface area contributed by atoms with Crippen LogP contribution in [0.2, 0.25) is 0 Å². The Labute approximate surface area is 479 Å². The largest absolute Gasteiger partial charge is 0.472 e. The van der Waals surface area contributed by atoms with Crippen LogP contribution >= 0.6 is 7.82 Å². The van der Waals surface area contributed by atoms with Gasteiger partial charge >= 0.3 is 25.7 Å². The molecule has 11 nitrogen and oxygen atoms in total. The molecule has 12 heteroatoms. The summed E-state index contributed by atoms with van der Waals surface area (Å²) in [5, 5.41) is 9.86. The number of allylic oxidation sites excluding steroid dienone is 8. The number of hydrogen-bond acceptors (Lipinski definition) is 10. The van der Waals surface area contributed by atoms with Gasteiger partial charge in [0.05, 0.1) is 19.8 Å². The Morgan fingerprint density at radius 2 is 0.667 bits per heavy atom. The lowest BCUT2D eigenvalue weighted by Crippen LogP contribution is -2.30. The molecule has 3 atom stereocenters. The van der Waals surface area contributed by atoms with E-state index in [1.807, 2.05) is 0 Å². The molecule has 0 fully saturated rings.